The molecule has 0 fully saturated rings. The number of benzene rings is 1. The Bertz CT molecular complexity index is 536. The molecule has 1 aromatic carbocycles. The molecule has 1 N–H and O–H groups in total. The zero-order chi connectivity index (χ0) is 13.1. The highest BCUT2D eigenvalue weighted by molar-refractivity contribution is 5.26. The van der Waals surface area contributed by atoms with Crippen LogP contribution in [-0.4, -0.2) is 4.98 Å². The molecule has 1 aliphatic carbocycles. The van der Waals surface area contributed by atoms with Crippen LogP contribution in [0.1, 0.15) is 48.7 Å². The van der Waals surface area contributed by atoms with Gasteiger partial charge in [0.1, 0.15) is 0 Å². The average molecular weight is 252 g/mol. The number of nitrogens with one attached hydrogen (secondary N) is 1. The fraction of sp³-hybridized carbons (Fsp3) is 0.353. The third-order valence-corrected chi connectivity index (χ3v) is 3.95. The Morgan fingerprint density at radius 3 is 2.84 bits per heavy atom. The molecule has 2 heteroatoms. The smallest absolute Gasteiger partial charge is 0.0605 e. The summed E-state index contributed by atoms with van der Waals surface area (Å²) in [6.45, 7) is 2.23. The van der Waals surface area contributed by atoms with E-state index in [9.17, 15) is 0 Å². The summed E-state index contributed by atoms with van der Waals surface area (Å²) < 4.78 is 0. The summed E-state index contributed by atoms with van der Waals surface area (Å²) in [4.78, 5) is 4.58. The van der Waals surface area contributed by atoms with Gasteiger partial charge in [0.25, 0.3) is 0 Å². The van der Waals surface area contributed by atoms with Crippen LogP contribution in [0.25, 0.3) is 0 Å². The molecule has 0 saturated heterocycles. The van der Waals surface area contributed by atoms with Crippen molar-refractivity contribution in [3.63, 3.8) is 0 Å². The van der Waals surface area contributed by atoms with Gasteiger partial charge in [-0.05, 0) is 43.4 Å². The second-order valence-electron chi connectivity index (χ2n) is 5.29. The molecule has 0 aliphatic heterocycles. The predicted molar refractivity (Wildman–Crippen MR) is 77.9 cm³/mol. The van der Waals surface area contributed by atoms with E-state index in [2.05, 4.69) is 53.6 Å². The molecule has 98 valence electrons. The van der Waals surface area contributed by atoms with Crippen LogP contribution in [-0.2, 0) is 6.42 Å². The van der Waals surface area contributed by atoms with Crippen LogP contribution in [0.2, 0.25) is 0 Å². The number of hydrogen-bond donors (Lipinski definition) is 1. The number of fused-ring (bicyclic) bond motifs is 1. The van der Waals surface area contributed by atoms with E-state index in [0.717, 1.165) is 0 Å². The van der Waals surface area contributed by atoms with Crippen molar-refractivity contribution in [3.8, 4) is 0 Å². The zero-order valence-electron chi connectivity index (χ0n) is 11.3. The highest BCUT2D eigenvalue weighted by atomic mass is 15.0. The van der Waals surface area contributed by atoms with Crippen molar-refractivity contribution in [2.24, 2.45) is 0 Å². The first-order valence-electron chi connectivity index (χ1n) is 7.09. The lowest BCUT2D eigenvalue weighted by atomic mass is 9.91. The van der Waals surface area contributed by atoms with Crippen molar-refractivity contribution >= 4 is 0 Å². The monoisotopic (exact) mass is 252 g/mol. The minimum absolute atomic E-state index is 0.360. The highest BCUT2D eigenvalue weighted by Gasteiger charge is 2.22. The number of rotatable bonds is 3. The van der Waals surface area contributed by atoms with Crippen molar-refractivity contribution in [1.82, 2.24) is 10.3 Å². The third-order valence-electron chi connectivity index (χ3n) is 3.95. The standard InChI is InChI=1S/C17H20N2/c1-13(14-7-3-2-4-8-14)19-16-11-5-9-15-10-6-12-18-17(15)16/h2-4,6-8,10,12-13,16,19H,5,9,11H2,1H3. The Morgan fingerprint density at radius 1 is 1.16 bits per heavy atom. The number of aromatic nitrogens is 1. The van der Waals surface area contributed by atoms with Crippen LogP contribution in [0, 0.1) is 0 Å². The molecular weight excluding hydrogens is 232 g/mol. The van der Waals surface area contributed by atoms with Gasteiger partial charge in [0.2, 0.25) is 0 Å². The topological polar surface area (TPSA) is 24.9 Å². The van der Waals surface area contributed by atoms with E-state index in [1.165, 1.54) is 36.1 Å². The molecule has 0 saturated carbocycles. The Labute approximate surface area is 114 Å². The fourth-order valence-electron chi connectivity index (χ4n) is 2.91. The Hall–Kier alpha value is -1.67. The van der Waals surface area contributed by atoms with Gasteiger partial charge in [0, 0.05) is 12.2 Å². The molecule has 1 heterocycles. The first-order valence-corrected chi connectivity index (χ1v) is 7.09. The van der Waals surface area contributed by atoms with E-state index in [1.54, 1.807) is 0 Å². The molecule has 0 radical (unpaired) electrons. The SMILES string of the molecule is CC(NC1CCCc2cccnc21)c1ccccc1. The molecule has 0 amide bonds. The van der Waals surface area contributed by atoms with Crippen molar-refractivity contribution in [3.05, 3.63) is 65.5 Å². The van der Waals surface area contributed by atoms with Crippen LogP contribution >= 0.6 is 0 Å². The maximum absolute atomic E-state index is 4.58. The average Bonchev–Trinajstić information content (AvgIpc) is 2.48. The molecule has 3 rings (SSSR count). The van der Waals surface area contributed by atoms with Gasteiger partial charge >= 0.3 is 0 Å². The third kappa shape index (κ3) is 2.69. The van der Waals surface area contributed by atoms with Crippen LogP contribution in [0.5, 0.6) is 0 Å². The number of aryl methyl sites for hydroxylation is 1. The fourth-order valence-corrected chi connectivity index (χ4v) is 2.91. The zero-order valence-corrected chi connectivity index (χ0v) is 11.3. The Morgan fingerprint density at radius 2 is 2.00 bits per heavy atom. The lowest BCUT2D eigenvalue weighted by Gasteiger charge is -2.28. The Kier molecular flexibility index (Phi) is 3.60. The molecule has 2 atom stereocenters. The molecular formula is C17H20N2. The molecule has 1 aromatic heterocycles. The highest BCUT2D eigenvalue weighted by Crippen LogP contribution is 2.29. The van der Waals surface area contributed by atoms with E-state index in [1.807, 2.05) is 12.3 Å². The van der Waals surface area contributed by atoms with Gasteiger partial charge in [0.05, 0.1) is 11.7 Å². The number of nitrogens with zero attached hydrogens (tertiary/aromatic N) is 1. The molecule has 1 aliphatic rings. The summed E-state index contributed by atoms with van der Waals surface area (Å²) in [6.07, 6.45) is 5.51. The molecule has 0 bridgehead atoms. The van der Waals surface area contributed by atoms with Gasteiger partial charge in [-0.2, -0.15) is 0 Å². The largest absolute Gasteiger partial charge is 0.302 e. The van der Waals surface area contributed by atoms with Gasteiger partial charge in [-0.25, -0.2) is 0 Å². The summed E-state index contributed by atoms with van der Waals surface area (Å²) in [6, 6.07) is 15.6. The lowest BCUT2D eigenvalue weighted by molar-refractivity contribution is 0.406. The minimum atomic E-state index is 0.360. The van der Waals surface area contributed by atoms with E-state index in [4.69, 9.17) is 0 Å². The van der Waals surface area contributed by atoms with Crippen LogP contribution in [0.15, 0.2) is 48.7 Å². The minimum Gasteiger partial charge on any atom is -0.302 e. The summed E-state index contributed by atoms with van der Waals surface area (Å²) in [5, 5.41) is 3.73. The molecule has 19 heavy (non-hydrogen) atoms. The van der Waals surface area contributed by atoms with E-state index in [-0.39, 0.29) is 0 Å². The van der Waals surface area contributed by atoms with Gasteiger partial charge in [-0.3, -0.25) is 4.98 Å². The van der Waals surface area contributed by atoms with Gasteiger partial charge in [0.15, 0.2) is 0 Å². The summed E-state index contributed by atoms with van der Waals surface area (Å²) in [5.41, 5.74) is 3.99. The summed E-state index contributed by atoms with van der Waals surface area (Å²) in [5.74, 6) is 0. The second-order valence-corrected chi connectivity index (χ2v) is 5.29. The second kappa shape index (κ2) is 5.54. The summed E-state index contributed by atoms with van der Waals surface area (Å²) in [7, 11) is 0. The van der Waals surface area contributed by atoms with Crippen molar-refractivity contribution in [2.45, 2.75) is 38.3 Å². The molecule has 2 unspecified atom stereocenters. The summed E-state index contributed by atoms with van der Waals surface area (Å²) >= 11 is 0. The maximum atomic E-state index is 4.58. The number of hydrogen-bond acceptors (Lipinski definition) is 2. The molecule has 0 spiro atoms. The number of pyridine rings is 1. The van der Waals surface area contributed by atoms with Crippen molar-refractivity contribution < 1.29 is 0 Å². The van der Waals surface area contributed by atoms with Crippen molar-refractivity contribution in [1.29, 1.82) is 0 Å². The molecule has 2 nitrogen and oxygen atoms in total. The van der Waals surface area contributed by atoms with Crippen LogP contribution in [0.3, 0.4) is 0 Å². The van der Waals surface area contributed by atoms with E-state index >= 15 is 0 Å². The van der Waals surface area contributed by atoms with Crippen LogP contribution < -0.4 is 5.32 Å². The molecule has 2 aromatic rings. The first kappa shape index (κ1) is 12.4. The quantitative estimate of drug-likeness (QED) is 0.898. The lowest BCUT2D eigenvalue weighted by Crippen LogP contribution is -2.28. The van der Waals surface area contributed by atoms with Gasteiger partial charge < -0.3 is 5.32 Å². The normalized spacial score (nSPS) is 19.7. The maximum Gasteiger partial charge on any atom is 0.0605 e. The van der Waals surface area contributed by atoms with Crippen LogP contribution in [0.4, 0.5) is 0 Å². The van der Waals surface area contributed by atoms with E-state index < -0.39 is 0 Å². The van der Waals surface area contributed by atoms with Gasteiger partial charge in [-0.15, -0.1) is 0 Å². The van der Waals surface area contributed by atoms with E-state index in [0.29, 0.717) is 12.1 Å². The van der Waals surface area contributed by atoms with Crippen molar-refractivity contribution in [2.75, 3.05) is 0 Å². The Balaban J connectivity index is 1.78. The van der Waals surface area contributed by atoms with Gasteiger partial charge in [-0.1, -0.05) is 36.4 Å². The predicted octanol–water partition coefficient (Wildman–Crippen LogP) is 3.81. The first-order chi connectivity index (χ1) is 9.34.